The third-order valence-corrected chi connectivity index (χ3v) is 7.28. The fourth-order valence-corrected chi connectivity index (χ4v) is 5.62. The Labute approximate surface area is 157 Å². The van der Waals surface area contributed by atoms with Crippen LogP contribution in [0.3, 0.4) is 0 Å². The van der Waals surface area contributed by atoms with Gasteiger partial charge in [0, 0.05) is 23.2 Å². The van der Waals surface area contributed by atoms with Gasteiger partial charge in [-0.1, -0.05) is 24.3 Å². The Hall–Kier alpha value is -1.11. The molecule has 1 fully saturated rings. The summed E-state index contributed by atoms with van der Waals surface area (Å²) in [6.07, 6.45) is 6.85. The van der Waals surface area contributed by atoms with Crippen molar-refractivity contribution in [1.82, 2.24) is 14.5 Å². The van der Waals surface area contributed by atoms with Gasteiger partial charge < -0.3 is 4.90 Å². The van der Waals surface area contributed by atoms with Crippen LogP contribution in [-0.2, 0) is 6.54 Å². The first-order valence-corrected chi connectivity index (χ1v) is 10.8. The minimum absolute atomic E-state index is 0.0732. The van der Waals surface area contributed by atoms with E-state index in [0.29, 0.717) is 12.6 Å². The predicted molar refractivity (Wildman–Crippen MR) is 109 cm³/mol. The number of nitrogens with zero attached hydrogens (tertiary/aromatic N) is 3. The van der Waals surface area contributed by atoms with E-state index in [1.54, 1.807) is 33.7 Å². The summed E-state index contributed by atoms with van der Waals surface area (Å²) in [4.78, 5) is 22.3. The molecule has 0 bridgehead atoms. The maximum Gasteiger partial charge on any atom is 0.263 e. The standard InChI is InChI=1S/C19H27N3OS2/c1-5-10-22-18(23)16-13(2)14(3)25-17(16)20-19(22)24-12-9-15-8-6-7-11-21(15)4/h5,15H,1,6-12H2,2-4H3. The maximum absolute atomic E-state index is 13.0. The summed E-state index contributed by atoms with van der Waals surface area (Å²) in [6.45, 7) is 9.60. The van der Waals surface area contributed by atoms with Crippen molar-refractivity contribution in [2.24, 2.45) is 0 Å². The summed E-state index contributed by atoms with van der Waals surface area (Å²) in [6, 6.07) is 0.663. The van der Waals surface area contributed by atoms with Gasteiger partial charge in [0.2, 0.25) is 0 Å². The largest absolute Gasteiger partial charge is 0.303 e. The number of likely N-dealkylation sites (tertiary alicyclic amines) is 1. The molecule has 1 atom stereocenters. The predicted octanol–water partition coefficient (Wildman–Crippen LogP) is 4.23. The molecule has 25 heavy (non-hydrogen) atoms. The number of thioether (sulfide) groups is 1. The number of allylic oxidation sites excluding steroid dienone is 1. The van der Waals surface area contributed by atoms with Crippen LogP contribution >= 0.6 is 23.1 Å². The van der Waals surface area contributed by atoms with Crippen LogP contribution in [0.2, 0.25) is 0 Å². The molecular formula is C19H27N3OS2. The highest BCUT2D eigenvalue weighted by Crippen LogP contribution is 2.29. The molecule has 0 amide bonds. The Morgan fingerprint density at radius 1 is 1.40 bits per heavy atom. The van der Waals surface area contributed by atoms with Crippen molar-refractivity contribution in [3.8, 4) is 0 Å². The minimum atomic E-state index is 0.0732. The smallest absolute Gasteiger partial charge is 0.263 e. The van der Waals surface area contributed by atoms with Crippen LogP contribution in [0.15, 0.2) is 22.6 Å². The molecule has 1 aliphatic rings. The average Bonchev–Trinajstić information content (AvgIpc) is 2.87. The van der Waals surface area contributed by atoms with Gasteiger partial charge in [-0.15, -0.1) is 17.9 Å². The van der Waals surface area contributed by atoms with E-state index in [4.69, 9.17) is 4.98 Å². The van der Waals surface area contributed by atoms with Crippen LogP contribution in [0.25, 0.3) is 10.2 Å². The monoisotopic (exact) mass is 377 g/mol. The van der Waals surface area contributed by atoms with E-state index >= 15 is 0 Å². The van der Waals surface area contributed by atoms with Gasteiger partial charge >= 0.3 is 0 Å². The van der Waals surface area contributed by atoms with Crippen LogP contribution < -0.4 is 5.56 Å². The molecule has 0 aliphatic carbocycles. The first kappa shape index (κ1) is 18.7. The molecule has 0 aromatic carbocycles. The molecule has 0 N–H and O–H groups in total. The summed E-state index contributed by atoms with van der Waals surface area (Å²) in [5, 5.41) is 1.61. The second kappa shape index (κ2) is 8.06. The number of aromatic nitrogens is 2. The number of aryl methyl sites for hydroxylation is 2. The van der Waals surface area contributed by atoms with Gasteiger partial charge in [0.25, 0.3) is 5.56 Å². The van der Waals surface area contributed by atoms with Crippen molar-refractivity contribution in [3.63, 3.8) is 0 Å². The van der Waals surface area contributed by atoms with Crippen molar-refractivity contribution in [2.45, 2.75) is 57.3 Å². The fraction of sp³-hybridized carbons (Fsp3) is 0.579. The molecule has 1 unspecified atom stereocenters. The molecular weight excluding hydrogens is 350 g/mol. The quantitative estimate of drug-likeness (QED) is 0.429. The normalized spacial score (nSPS) is 18.8. The van der Waals surface area contributed by atoms with Crippen LogP contribution in [-0.4, -0.2) is 39.8 Å². The molecule has 6 heteroatoms. The first-order chi connectivity index (χ1) is 12.0. The van der Waals surface area contributed by atoms with E-state index in [0.717, 1.165) is 33.1 Å². The molecule has 2 aromatic heterocycles. The van der Waals surface area contributed by atoms with Crippen LogP contribution in [0.4, 0.5) is 0 Å². The Kier molecular flexibility index (Phi) is 6.02. The molecule has 3 heterocycles. The Balaban J connectivity index is 1.83. The topological polar surface area (TPSA) is 38.1 Å². The summed E-state index contributed by atoms with van der Waals surface area (Å²) in [5.41, 5.74) is 1.14. The van der Waals surface area contributed by atoms with E-state index in [9.17, 15) is 4.79 Å². The van der Waals surface area contributed by atoms with Gasteiger partial charge in [-0.05, 0) is 52.3 Å². The number of hydrogen-bond acceptors (Lipinski definition) is 5. The molecule has 2 aromatic rings. The van der Waals surface area contributed by atoms with Crippen LogP contribution in [0.5, 0.6) is 0 Å². The van der Waals surface area contributed by atoms with E-state index < -0.39 is 0 Å². The first-order valence-electron chi connectivity index (χ1n) is 8.97. The number of piperidine rings is 1. The number of hydrogen-bond donors (Lipinski definition) is 0. The fourth-order valence-electron chi connectivity index (χ4n) is 3.50. The molecule has 0 saturated carbocycles. The van der Waals surface area contributed by atoms with Crippen molar-refractivity contribution in [3.05, 3.63) is 33.4 Å². The summed E-state index contributed by atoms with van der Waals surface area (Å²) >= 11 is 3.33. The molecule has 1 aliphatic heterocycles. The highest BCUT2D eigenvalue weighted by atomic mass is 32.2. The second-order valence-corrected chi connectivity index (χ2v) is 9.09. The maximum atomic E-state index is 13.0. The molecule has 0 radical (unpaired) electrons. The third-order valence-electron chi connectivity index (χ3n) is 5.17. The van der Waals surface area contributed by atoms with Gasteiger partial charge in [-0.3, -0.25) is 9.36 Å². The lowest BCUT2D eigenvalue weighted by molar-refractivity contribution is 0.182. The minimum Gasteiger partial charge on any atom is -0.303 e. The lowest BCUT2D eigenvalue weighted by Gasteiger charge is -2.32. The highest BCUT2D eigenvalue weighted by Gasteiger charge is 2.20. The van der Waals surface area contributed by atoms with Gasteiger partial charge in [-0.25, -0.2) is 4.98 Å². The number of thiophene rings is 1. The molecule has 4 nitrogen and oxygen atoms in total. The van der Waals surface area contributed by atoms with Crippen LogP contribution in [0.1, 0.15) is 36.1 Å². The van der Waals surface area contributed by atoms with E-state index in [-0.39, 0.29) is 5.56 Å². The lowest BCUT2D eigenvalue weighted by Crippen LogP contribution is -2.36. The van der Waals surface area contributed by atoms with Crippen molar-refractivity contribution >= 4 is 33.3 Å². The Morgan fingerprint density at radius 2 is 2.20 bits per heavy atom. The summed E-state index contributed by atoms with van der Waals surface area (Å²) < 4.78 is 1.78. The van der Waals surface area contributed by atoms with Crippen molar-refractivity contribution in [2.75, 3.05) is 19.3 Å². The zero-order valence-electron chi connectivity index (χ0n) is 15.4. The number of rotatable bonds is 6. The summed E-state index contributed by atoms with van der Waals surface area (Å²) in [5.74, 6) is 0.993. The zero-order valence-corrected chi connectivity index (χ0v) is 17.0. The van der Waals surface area contributed by atoms with Crippen molar-refractivity contribution in [1.29, 1.82) is 0 Å². The van der Waals surface area contributed by atoms with Crippen molar-refractivity contribution < 1.29 is 0 Å². The van der Waals surface area contributed by atoms with E-state index in [1.165, 1.54) is 30.7 Å². The molecule has 1 saturated heterocycles. The molecule has 3 rings (SSSR count). The Morgan fingerprint density at radius 3 is 2.92 bits per heavy atom. The third kappa shape index (κ3) is 3.86. The average molecular weight is 378 g/mol. The molecule has 136 valence electrons. The SMILES string of the molecule is C=CCn1c(SCCC2CCCCN2C)nc2sc(C)c(C)c2c1=O. The van der Waals surface area contributed by atoms with Crippen LogP contribution in [0, 0.1) is 13.8 Å². The van der Waals surface area contributed by atoms with Gasteiger partial charge in [0.05, 0.1) is 5.39 Å². The highest BCUT2D eigenvalue weighted by molar-refractivity contribution is 7.99. The van der Waals surface area contributed by atoms with E-state index in [2.05, 4.69) is 25.5 Å². The number of fused-ring (bicyclic) bond motifs is 1. The summed E-state index contributed by atoms with van der Waals surface area (Å²) in [7, 11) is 2.23. The van der Waals surface area contributed by atoms with E-state index in [1.807, 2.05) is 6.92 Å². The van der Waals surface area contributed by atoms with Gasteiger partial charge in [-0.2, -0.15) is 0 Å². The Bertz CT molecular complexity index is 824. The zero-order chi connectivity index (χ0) is 18.0. The van der Waals surface area contributed by atoms with Gasteiger partial charge in [0.15, 0.2) is 5.16 Å². The second-order valence-electron chi connectivity index (χ2n) is 6.83. The lowest BCUT2D eigenvalue weighted by atomic mass is 10.0. The molecule has 0 spiro atoms. The van der Waals surface area contributed by atoms with Gasteiger partial charge in [0.1, 0.15) is 4.83 Å².